The molecule has 104 valence electrons. The Morgan fingerprint density at radius 1 is 1.00 bits per heavy atom. The van der Waals surface area contributed by atoms with Crippen LogP contribution < -0.4 is 14.8 Å². The first-order valence-electron chi connectivity index (χ1n) is 6.38. The molecule has 0 radical (unpaired) electrons. The van der Waals surface area contributed by atoms with Gasteiger partial charge in [0.25, 0.3) is 0 Å². The van der Waals surface area contributed by atoms with E-state index in [0.29, 0.717) is 11.6 Å². The lowest BCUT2D eigenvalue weighted by Gasteiger charge is -2.09. The van der Waals surface area contributed by atoms with Crippen LogP contribution in [0.5, 0.6) is 11.5 Å². The van der Waals surface area contributed by atoms with Crippen molar-refractivity contribution >= 4 is 34.0 Å². The molecule has 1 aromatic heterocycles. The maximum atomic E-state index is 5.98. The van der Waals surface area contributed by atoms with Crippen molar-refractivity contribution in [1.29, 1.82) is 0 Å². The predicted molar refractivity (Wildman–Crippen MR) is 80.4 cm³/mol. The van der Waals surface area contributed by atoms with Crippen LogP contribution in [-0.2, 0) is 0 Å². The Kier molecular flexibility index (Phi) is 2.79. The SMILES string of the molecule is Clc1nc(Nc2ccc3c(c2)OCO3)c2ccccc2n1. The van der Waals surface area contributed by atoms with E-state index in [1.807, 2.05) is 42.5 Å². The van der Waals surface area contributed by atoms with Crippen LogP contribution >= 0.6 is 11.6 Å². The molecule has 0 aliphatic carbocycles. The van der Waals surface area contributed by atoms with Crippen molar-refractivity contribution in [1.82, 2.24) is 9.97 Å². The topological polar surface area (TPSA) is 56.3 Å². The van der Waals surface area contributed by atoms with E-state index in [9.17, 15) is 0 Å². The molecule has 4 rings (SSSR count). The van der Waals surface area contributed by atoms with Crippen LogP contribution in [0.4, 0.5) is 11.5 Å². The summed E-state index contributed by atoms with van der Waals surface area (Å²) in [6.07, 6.45) is 0. The van der Waals surface area contributed by atoms with E-state index in [0.717, 1.165) is 22.3 Å². The number of aromatic nitrogens is 2. The fourth-order valence-corrected chi connectivity index (χ4v) is 2.43. The van der Waals surface area contributed by atoms with Crippen LogP contribution in [0.25, 0.3) is 10.9 Å². The Bertz CT molecular complexity index is 838. The zero-order chi connectivity index (χ0) is 14.2. The summed E-state index contributed by atoms with van der Waals surface area (Å²) in [4.78, 5) is 8.47. The van der Waals surface area contributed by atoms with Crippen molar-refractivity contribution in [3.63, 3.8) is 0 Å². The quantitative estimate of drug-likeness (QED) is 0.730. The van der Waals surface area contributed by atoms with Crippen LogP contribution in [-0.4, -0.2) is 16.8 Å². The van der Waals surface area contributed by atoms with Crippen LogP contribution in [0.1, 0.15) is 0 Å². The maximum absolute atomic E-state index is 5.98. The number of halogens is 1. The first-order valence-corrected chi connectivity index (χ1v) is 6.76. The third kappa shape index (κ3) is 2.21. The first kappa shape index (κ1) is 12.2. The minimum atomic E-state index is 0.206. The van der Waals surface area contributed by atoms with Gasteiger partial charge in [-0.15, -0.1) is 0 Å². The highest BCUT2D eigenvalue weighted by Gasteiger charge is 2.14. The van der Waals surface area contributed by atoms with E-state index in [2.05, 4.69) is 15.3 Å². The van der Waals surface area contributed by atoms with E-state index in [1.165, 1.54) is 0 Å². The monoisotopic (exact) mass is 299 g/mol. The van der Waals surface area contributed by atoms with Gasteiger partial charge in [0.05, 0.1) is 5.52 Å². The molecule has 0 saturated heterocycles. The number of hydrogen-bond donors (Lipinski definition) is 1. The van der Waals surface area contributed by atoms with Gasteiger partial charge in [-0.1, -0.05) is 12.1 Å². The Morgan fingerprint density at radius 2 is 1.86 bits per heavy atom. The molecule has 0 unspecified atom stereocenters. The fourth-order valence-electron chi connectivity index (χ4n) is 2.25. The molecule has 1 N–H and O–H groups in total. The van der Waals surface area contributed by atoms with Crippen molar-refractivity contribution in [2.75, 3.05) is 12.1 Å². The van der Waals surface area contributed by atoms with Gasteiger partial charge in [0.1, 0.15) is 5.82 Å². The van der Waals surface area contributed by atoms with Gasteiger partial charge in [0, 0.05) is 17.1 Å². The summed E-state index contributed by atoms with van der Waals surface area (Å²) < 4.78 is 10.7. The minimum absolute atomic E-state index is 0.206. The number of para-hydroxylation sites is 1. The number of anilines is 2. The van der Waals surface area contributed by atoms with Crippen molar-refractivity contribution in [3.8, 4) is 11.5 Å². The summed E-state index contributed by atoms with van der Waals surface area (Å²) in [5.74, 6) is 2.11. The highest BCUT2D eigenvalue weighted by Crippen LogP contribution is 2.35. The second-order valence-corrected chi connectivity index (χ2v) is 4.89. The smallest absolute Gasteiger partial charge is 0.231 e. The first-order chi connectivity index (χ1) is 10.3. The molecule has 0 bridgehead atoms. The predicted octanol–water partition coefficient (Wildman–Crippen LogP) is 3.76. The minimum Gasteiger partial charge on any atom is -0.454 e. The van der Waals surface area contributed by atoms with Crippen molar-refractivity contribution in [2.24, 2.45) is 0 Å². The zero-order valence-corrected chi connectivity index (χ0v) is 11.6. The second kappa shape index (κ2) is 4.79. The van der Waals surface area contributed by atoms with Crippen LogP contribution in [0.2, 0.25) is 5.28 Å². The lowest BCUT2D eigenvalue weighted by atomic mass is 10.2. The third-order valence-electron chi connectivity index (χ3n) is 3.21. The molecule has 2 heterocycles. The van der Waals surface area contributed by atoms with Gasteiger partial charge < -0.3 is 14.8 Å². The molecule has 1 aliphatic heterocycles. The van der Waals surface area contributed by atoms with Crippen LogP contribution in [0.3, 0.4) is 0 Å². The van der Waals surface area contributed by atoms with Crippen molar-refractivity contribution in [3.05, 3.63) is 47.7 Å². The van der Waals surface area contributed by atoms with Gasteiger partial charge in [0.2, 0.25) is 12.1 Å². The number of ether oxygens (including phenoxy) is 2. The average Bonchev–Trinajstić information content (AvgIpc) is 2.94. The van der Waals surface area contributed by atoms with E-state index in [1.54, 1.807) is 0 Å². The Labute approximate surface area is 125 Å². The molecule has 0 atom stereocenters. The highest BCUT2D eigenvalue weighted by atomic mass is 35.5. The summed E-state index contributed by atoms with van der Waals surface area (Å²) in [5.41, 5.74) is 1.64. The number of hydrogen-bond acceptors (Lipinski definition) is 5. The molecule has 2 aromatic carbocycles. The van der Waals surface area contributed by atoms with Crippen molar-refractivity contribution in [2.45, 2.75) is 0 Å². The maximum Gasteiger partial charge on any atom is 0.231 e. The number of nitrogens with zero attached hydrogens (tertiary/aromatic N) is 2. The Balaban J connectivity index is 1.77. The van der Waals surface area contributed by atoms with Crippen molar-refractivity contribution < 1.29 is 9.47 Å². The van der Waals surface area contributed by atoms with E-state index >= 15 is 0 Å². The Morgan fingerprint density at radius 3 is 2.81 bits per heavy atom. The molecule has 3 aromatic rings. The standard InChI is InChI=1S/C15H10ClN3O2/c16-15-18-11-4-2-1-3-10(11)14(19-15)17-9-5-6-12-13(7-9)21-8-20-12/h1-7H,8H2,(H,17,18,19). The number of benzene rings is 2. The molecule has 5 nitrogen and oxygen atoms in total. The highest BCUT2D eigenvalue weighted by molar-refractivity contribution is 6.28. The molecule has 6 heteroatoms. The Hall–Kier alpha value is -2.53. The van der Waals surface area contributed by atoms with E-state index < -0.39 is 0 Å². The van der Waals surface area contributed by atoms with Gasteiger partial charge in [-0.2, -0.15) is 4.98 Å². The molecular formula is C15H10ClN3O2. The molecule has 1 aliphatic rings. The van der Waals surface area contributed by atoms with Gasteiger partial charge in [-0.05, 0) is 35.9 Å². The molecule has 0 fully saturated rings. The molecular weight excluding hydrogens is 290 g/mol. The lowest BCUT2D eigenvalue weighted by molar-refractivity contribution is 0.174. The fraction of sp³-hybridized carbons (Fsp3) is 0.0667. The summed E-state index contributed by atoms with van der Waals surface area (Å²) in [7, 11) is 0. The van der Waals surface area contributed by atoms with Gasteiger partial charge >= 0.3 is 0 Å². The normalized spacial score (nSPS) is 12.6. The number of rotatable bonds is 2. The number of fused-ring (bicyclic) bond motifs is 2. The van der Waals surface area contributed by atoms with Crippen LogP contribution in [0.15, 0.2) is 42.5 Å². The van der Waals surface area contributed by atoms with E-state index in [-0.39, 0.29) is 12.1 Å². The summed E-state index contributed by atoms with van der Waals surface area (Å²) in [5, 5.41) is 4.35. The third-order valence-corrected chi connectivity index (χ3v) is 3.38. The summed E-state index contributed by atoms with van der Waals surface area (Å²) >= 11 is 5.98. The average molecular weight is 300 g/mol. The molecule has 0 amide bonds. The number of nitrogens with one attached hydrogen (secondary N) is 1. The second-order valence-electron chi connectivity index (χ2n) is 4.55. The zero-order valence-electron chi connectivity index (χ0n) is 10.8. The summed E-state index contributed by atoms with van der Waals surface area (Å²) in [6, 6.07) is 13.3. The van der Waals surface area contributed by atoms with Gasteiger partial charge in [-0.25, -0.2) is 4.98 Å². The molecule has 0 saturated carbocycles. The molecule has 21 heavy (non-hydrogen) atoms. The van der Waals surface area contributed by atoms with Gasteiger partial charge in [0.15, 0.2) is 11.5 Å². The summed E-state index contributed by atoms with van der Waals surface area (Å²) in [6.45, 7) is 0.251. The van der Waals surface area contributed by atoms with Gasteiger partial charge in [-0.3, -0.25) is 0 Å². The molecule has 0 spiro atoms. The van der Waals surface area contributed by atoms with E-state index in [4.69, 9.17) is 21.1 Å². The van der Waals surface area contributed by atoms with Crippen LogP contribution in [0, 0.1) is 0 Å². The largest absolute Gasteiger partial charge is 0.454 e. The lowest BCUT2D eigenvalue weighted by Crippen LogP contribution is -1.97.